The number of benzene rings is 1. The van der Waals surface area contributed by atoms with Crippen LogP contribution in [-0.4, -0.2) is 29.4 Å². The highest BCUT2D eigenvalue weighted by Gasteiger charge is 2.43. The van der Waals surface area contributed by atoms with Crippen molar-refractivity contribution in [2.24, 2.45) is 5.92 Å². The molecule has 0 bridgehead atoms. The number of carbonyl (C=O) groups excluding carboxylic acids is 1. The first-order chi connectivity index (χ1) is 9.65. The standard InChI is InChI=1S/C16H21NO3/c1-11(14-8-9-14)20-17-15(12(2)19-16(17)18)10-13-6-4-3-5-7-13/h3-7,11-12,14-15H,8-10H2,1-2H3. The summed E-state index contributed by atoms with van der Waals surface area (Å²) in [5, 5.41) is 1.46. The summed E-state index contributed by atoms with van der Waals surface area (Å²) in [6.07, 6.45) is 2.74. The first-order valence-corrected chi connectivity index (χ1v) is 7.35. The SMILES string of the molecule is CC(ON1C(=O)OC(C)C1Cc1ccccc1)C1CC1. The predicted octanol–water partition coefficient (Wildman–Crippen LogP) is 3.17. The van der Waals surface area contributed by atoms with Crippen molar-refractivity contribution in [1.29, 1.82) is 0 Å². The molecule has 1 amide bonds. The maximum atomic E-state index is 11.9. The van der Waals surface area contributed by atoms with Gasteiger partial charge in [-0.25, -0.2) is 4.79 Å². The number of ether oxygens (including phenoxy) is 1. The Morgan fingerprint density at radius 2 is 2.05 bits per heavy atom. The number of carbonyl (C=O) groups is 1. The van der Waals surface area contributed by atoms with Gasteiger partial charge in [0, 0.05) is 0 Å². The molecule has 0 aromatic heterocycles. The molecule has 3 unspecified atom stereocenters. The van der Waals surface area contributed by atoms with Gasteiger partial charge in [-0.2, -0.15) is 5.06 Å². The van der Waals surface area contributed by atoms with E-state index in [1.165, 1.54) is 23.5 Å². The Labute approximate surface area is 119 Å². The van der Waals surface area contributed by atoms with Crippen LogP contribution in [0.5, 0.6) is 0 Å². The zero-order valence-electron chi connectivity index (χ0n) is 12.0. The fourth-order valence-electron chi connectivity index (χ4n) is 2.67. The quantitative estimate of drug-likeness (QED) is 0.828. The van der Waals surface area contributed by atoms with E-state index in [1.807, 2.05) is 32.0 Å². The minimum atomic E-state index is -0.356. The Morgan fingerprint density at radius 3 is 2.70 bits per heavy atom. The third-order valence-electron chi connectivity index (χ3n) is 4.16. The Kier molecular flexibility index (Phi) is 3.66. The van der Waals surface area contributed by atoms with E-state index in [9.17, 15) is 4.79 Å². The van der Waals surface area contributed by atoms with E-state index in [4.69, 9.17) is 9.57 Å². The second kappa shape index (κ2) is 5.44. The zero-order chi connectivity index (χ0) is 14.1. The number of hydrogen-bond acceptors (Lipinski definition) is 3. The van der Waals surface area contributed by atoms with E-state index in [-0.39, 0.29) is 24.3 Å². The molecule has 1 heterocycles. The molecule has 1 aromatic carbocycles. The van der Waals surface area contributed by atoms with Crippen LogP contribution in [0.25, 0.3) is 0 Å². The van der Waals surface area contributed by atoms with Crippen molar-refractivity contribution in [3.05, 3.63) is 35.9 Å². The van der Waals surface area contributed by atoms with Crippen LogP contribution >= 0.6 is 0 Å². The molecule has 20 heavy (non-hydrogen) atoms. The minimum Gasteiger partial charge on any atom is -0.443 e. The molecule has 1 aliphatic heterocycles. The molecular weight excluding hydrogens is 254 g/mol. The maximum absolute atomic E-state index is 11.9. The summed E-state index contributed by atoms with van der Waals surface area (Å²) >= 11 is 0. The summed E-state index contributed by atoms with van der Waals surface area (Å²) in [5.41, 5.74) is 1.19. The van der Waals surface area contributed by atoms with Crippen LogP contribution in [0.1, 0.15) is 32.3 Å². The number of hydroxylamine groups is 2. The van der Waals surface area contributed by atoms with Gasteiger partial charge in [-0.15, -0.1) is 0 Å². The van der Waals surface area contributed by atoms with Crippen molar-refractivity contribution in [1.82, 2.24) is 5.06 Å². The van der Waals surface area contributed by atoms with Gasteiger partial charge in [0.1, 0.15) is 12.1 Å². The van der Waals surface area contributed by atoms with Gasteiger partial charge in [-0.1, -0.05) is 30.3 Å². The van der Waals surface area contributed by atoms with Gasteiger partial charge in [0.15, 0.2) is 0 Å². The molecule has 1 saturated carbocycles. The van der Waals surface area contributed by atoms with Crippen LogP contribution in [0.2, 0.25) is 0 Å². The summed E-state index contributed by atoms with van der Waals surface area (Å²) < 4.78 is 5.32. The molecule has 108 valence electrons. The summed E-state index contributed by atoms with van der Waals surface area (Å²) in [4.78, 5) is 17.8. The first kappa shape index (κ1) is 13.4. The van der Waals surface area contributed by atoms with Gasteiger partial charge in [-0.3, -0.25) is 4.84 Å². The summed E-state index contributed by atoms with van der Waals surface area (Å²) in [6.45, 7) is 3.96. The first-order valence-electron chi connectivity index (χ1n) is 7.35. The lowest BCUT2D eigenvalue weighted by Gasteiger charge is -2.25. The fraction of sp³-hybridized carbons (Fsp3) is 0.562. The van der Waals surface area contributed by atoms with Gasteiger partial charge >= 0.3 is 6.09 Å². The molecule has 0 radical (unpaired) electrons. The Bertz CT molecular complexity index is 472. The van der Waals surface area contributed by atoms with Crippen LogP contribution in [0.15, 0.2) is 30.3 Å². The van der Waals surface area contributed by atoms with E-state index in [0.29, 0.717) is 5.92 Å². The highest BCUT2D eigenvalue weighted by atomic mass is 16.8. The summed E-state index contributed by atoms with van der Waals surface area (Å²) in [7, 11) is 0. The van der Waals surface area contributed by atoms with Crippen molar-refractivity contribution >= 4 is 6.09 Å². The highest BCUT2D eigenvalue weighted by molar-refractivity contribution is 5.69. The number of cyclic esters (lactones) is 1. The van der Waals surface area contributed by atoms with Crippen molar-refractivity contribution < 1.29 is 14.4 Å². The molecule has 2 aliphatic rings. The predicted molar refractivity (Wildman–Crippen MR) is 75.0 cm³/mol. The van der Waals surface area contributed by atoms with E-state index < -0.39 is 0 Å². The van der Waals surface area contributed by atoms with Crippen LogP contribution in [0.4, 0.5) is 4.79 Å². The van der Waals surface area contributed by atoms with Crippen LogP contribution in [-0.2, 0) is 16.0 Å². The Hall–Kier alpha value is -1.55. The molecule has 4 nitrogen and oxygen atoms in total. The van der Waals surface area contributed by atoms with Crippen LogP contribution < -0.4 is 0 Å². The van der Waals surface area contributed by atoms with Gasteiger partial charge in [0.05, 0.1) is 6.10 Å². The molecule has 1 aliphatic carbocycles. The number of rotatable bonds is 5. The molecule has 4 heteroatoms. The van der Waals surface area contributed by atoms with Gasteiger partial charge in [0.2, 0.25) is 0 Å². The number of hydrogen-bond donors (Lipinski definition) is 0. The third-order valence-corrected chi connectivity index (χ3v) is 4.16. The number of nitrogens with zero attached hydrogens (tertiary/aromatic N) is 1. The molecule has 1 saturated heterocycles. The third kappa shape index (κ3) is 2.80. The monoisotopic (exact) mass is 275 g/mol. The Morgan fingerprint density at radius 1 is 1.35 bits per heavy atom. The molecule has 1 aromatic rings. The molecular formula is C16H21NO3. The van der Waals surface area contributed by atoms with E-state index in [2.05, 4.69) is 12.1 Å². The van der Waals surface area contributed by atoms with E-state index in [1.54, 1.807) is 0 Å². The summed E-state index contributed by atoms with van der Waals surface area (Å²) in [5.74, 6) is 0.594. The van der Waals surface area contributed by atoms with Crippen molar-refractivity contribution in [3.63, 3.8) is 0 Å². The largest absolute Gasteiger partial charge is 0.443 e. The Balaban J connectivity index is 1.70. The van der Waals surface area contributed by atoms with Gasteiger partial charge in [-0.05, 0) is 44.6 Å². The fourth-order valence-corrected chi connectivity index (χ4v) is 2.67. The molecule has 3 atom stereocenters. The lowest BCUT2D eigenvalue weighted by Crippen LogP contribution is -2.40. The van der Waals surface area contributed by atoms with Gasteiger partial charge < -0.3 is 4.74 Å². The van der Waals surface area contributed by atoms with Crippen LogP contribution in [0.3, 0.4) is 0 Å². The van der Waals surface area contributed by atoms with Crippen molar-refractivity contribution in [2.75, 3.05) is 0 Å². The highest BCUT2D eigenvalue weighted by Crippen LogP contribution is 2.36. The van der Waals surface area contributed by atoms with E-state index >= 15 is 0 Å². The average Bonchev–Trinajstić information content (AvgIpc) is 3.24. The topological polar surface area (TPSA) is 38.8 Å². The minimum absolute atomic E-state index is 0.0499. The lowest BCUT2D eigenvalue weighted by molar-refractivity contribution is -0.173. The average molecular weight is 275 g/mol. The van der Waals surface area contributed by atoms with Crippen LogP contribution in [0, 0.1) is 5.92 Å². The molecule has 3 rings (SSSR count). The smallest absolute Gasteiger partial charge is 0.434 e. The normalized spacial score (nSPS) is 27.5. The second-order valence-corrected chi connectivity index (χ2v) is 5.82. The van der Waals surface area contributed by atoms with E-state index in [0.717, 1.165) is 6.42 Å². The molecule has 0 spiro atoms. The van der Waals surface area contributed by atoms with Crippen molar-refractivity contribution in [3.8, 4) is 0 Å². The van der Waals surface area contributed by atoms with Crippen molar-refractivity contribution in [2.45, 2.75) is 51.4 Å². The lowest BCUT2D eigenvalue weighted by atomic mass is 10.0. The second-order valence-electron chi connectivity index (χ2n) is 5.82. The molecule has 2 fully saturated rings. The maximum Gasteiger partial charge on any atom is 0.434 e. The number of amides is 1. The molecule has 0 N–H and O–H groups in total. The van der Waals surface area contributed by atoms with Gasteiger partial charge in [0.25, 0.3) is 0 Å². The zero-order valence-corrected chi connectivity index (χ0v) is 12.0. The summed E-state index contributed by atoms with van der Waals surface area (Å²) in [6, 6.07) is 10.1.